The second kappa shape index (κ2) is 34.8. The van der Waals surface area contributed by atoms with Crippen LogP contribution in [0.1, 0.15) is 49.9 Å². The monoisotopic (exact) mass is 1170 g/mol. The summed E-state index contributed by atoms with van der Waals surface area (Å²) in [5.74, 6) is -0.477. The number of esters is 4. The van der Waals surface area contributed by atoms with Gasteiger partial charge in [0.15, 0.2) is 0 Å². The van der Waals surface area contributed by atoms with Crippen LogP contribution in [0.5, 0.6) is 11.5 Å². The molecule has 0 amide bonds. The highest BCUT2D eigenvalue weighted by Crippen LogP contribution is 2.45. The Kier molecular flexibility index (Phi) is 26.9. The molecule has 6 aromatic rings. The second-order valence-corrected chi connectivity index (χ2v) is 20.2. The van der Waals surface area contributed by atoms with Crippen molar-refractivity contribution in [3.63, 3.8) is 0 Å². The quantitative estimate of drug-likeness (QED) is 0.0156. The van der Waals surface area contributed by atoms with Crippen LogP contribution in [0.2, 0.25) is 0 Å². The third-order valence-corrected chi connectivity index (χ3v) is 13.3. The average molecular weight is 1170 g/mol. The Bertz CT molecular complexity index is 2850. The highest BCUT2D eigenvalue weighted by atomic mass is 16.6. The zero-order valence-electron chi connectivity index (χ0n) is 50.5. The summed E-state index contributed by atoms with van der Waals surface area (Å²) in [7, 11) is 3.33. The fourth-order valence-corrected chi connectivity index (χ4v) is 8.62. The standard InChI is InChI=1S/C70H80N2O14/c1-49(2)67(73)83-43-39-79-35-31-53-11-21-59(22-12-53)71(60-23-13-54(14-24-60)32-36-80-40-44-84-68(74)50(3)4)63-29-19-57(47-65(63)77-9)58-20-30-64(66(48-58)78-10)72(61-25-15-55(16-26-61)33-37-81-41-45-85-69(75)51(5)6)62-27-17-56(18-28-62)34-38-82-42-46-86-70(76)52(7)8/h11-30,47-48H,1,3,5,7,31-46H2,2,4,6,8-10H3. The summed E-state index contributed by atoms with van der Waals surface area (Å²) in [5.41, 5.74) is 12.7. The molecule has 0 saturated heterocycles. The largest absolute Gasteiger partial charge is 0.495 e. The van der Waals surface area contributed by atoms with Gasteiger partial charge < -0.3 is 57.2 Å². The molecule has 0 fully saturated rings. The topological polar surface area (TPSA) is 167 Å². The maximum absolute atomic E-state index is 11.8. The molecule has 454 valence electrons. The minimum absolute atomic E-state index is 0.154. The molecule has 0 unspecified atom stereocenters. The van der Waals surface area contributed by atoms with Gasteiger partial charge in [-0.2, -0.15) is 0 Å². The van der Waals surface area contributed by atoms with E-state index in [0.717, 1.165) is 67.5 Å². The van der Waals surface area contributed by atoms with E-state index in [1.165, 1.54) is 0 Å². The van der Waals surface area contributed by atoms with Crippen molar-refractivity contribution in [2.75, 3.05) is 103 Å². The summed E-state index contributed by atoms with van der Waals surface area (Å²) >= 11 is 0. The smallest absolute Gasteiger partial charge is 0.333 e. The summed E-state index contributed by atoms with van der Waals surface area (Å²) in [4.78, 5) is 51.3. The van der Waals surface area contributed by atoms with E-state index in [0.29, 0.717) is 85.9 Å². The Morgan fingerprint density at radius 2 is 0.558 bits per heavy atom. The van der Waals surface area contributed by atoms with Crippen molar-refractivity contribution in [1.82, 2.24) is 0 Å². The van der Waals surface area contributed by atoms with Crippen molar-refractivity contribution in [1.29, 1.82) is 0 Å². The third-order valence-electron chi connectivity index (χ3n) is 13.3. The van der Waals surface area contributed by atoms with Gasteiger partial charge in [0, 0.05) is 45.0 Å². The van der Waals surface area contributed by atoms with Crippen molar-refractivity contribution in [2.24, 2.45) is 0 Å². The van der Waals surface area contributed by atoms with Crippen LogP contribution in [0.15, 0.2) is 182 Å². The SMILES string of the molecule is C=C(C)C(=O)OCCOCCc1ccc(N(c2ccc(CCOCCOC(=O)C(=C)C)cc2)c2ccc(-c3ccc(N(c4ccc(CCOCCOC(=O)C(=C)C)cc4)c4ccc(CCOCCOC(=O)C(=C)C)cc4)c(OC)c3)cc2OC)cc1. The van der Waals surface area contributed by atoms with Gasteiger partial charge in [-0.1, -0.05) is 87.0 Å². The summed E-state index contributed by atoms with van der Waals surface area (Å²) in [5, 5.41) is 0. The van der Waals surface area contributed by atoms with Crippen LogP contribution in [-0.4, -0.2) is 117 Å². The van der Waals surface area contributed by atoms with Gasteiger partial charge in [-0.3, -0.25) is 0 Å². The number of hydrogen-bond donors (Lipinski definition) is 0. The van der Waals surface area contributed by atoms with Crippen LogP contribution in [0, 0.1) is 0 Å². The van der Waals surface area contributed by atoms with E-state index in [1.807, 2.05) is 12.1 Å². The molecule has 0 heterocycles. The highest BCUT2D eigenvalue weighted by Gasteiger charge is 2.22. The van der Waals surface area contributed by atoms with Crippen LogP contribution in [0.4, 0.5) is 34.1 Å². The molecule has 0 bridgehead atoms. The molecule has 0 saturated carbocycles. The van der Waals surface area contributed by atoms with Crippen LogP contribution in [-0.2, 0) is 82.8 Å². The minimum Gasteiger partial charge on any atom is -0.495 e. The van der Waals surface area contributed by atoms with E-state index in [-0.39, 0.29) is 52.9 Å². The number of carbonyl (C=O) groups excluding carboxylic acids is 4. The molecule has 0 aliphatic carbocycles. The zero-order valence-corrected chi connectivity index (χ0v) is 50.5. The van der Waals surface area contributed by atoms with Gasteiger partial charge in [0.05, 0.1) is 78.4 Å². The lowest BCUT2D eigenvalue weighted by molar-refractivity contribution is -0.141. The molecule has 0 radical (unpaired) electrons. The summed E-state index contributed by atoms with van der Waals surface area (Å²) < 4.78 is 56.2. The first-order chi connectivity index (χ1) is 41.6. The van der Waals surface area contributed by atoms with Gasteiger partial charge in [-0.15, -0.1) is 0 Å². The van der Waals surface area contributed by atoms with Crippen molar-refractivity contribution in [3.8, 4) is 22.6 Å². The predicted octanol–water partition coefficient (Wildman–Crippen LogP) is 13.0. The first kappa shape index (κ1) is 66.3. The average Bonchev–Trinajstić information content (AvgIpc) is 2.78. The van der Waals surface area contributed by atoms with E-state index in [1.54, 1.807) is 41.9 Å². The number of benzene rings is 6. The Balaban J connectivity index is 1.25. The van der Waals surface area contributed by atoms with Crippen molar-refractivity contribution >= 4 is 58.0 Å². The minimum atomic E-state index is -0.437. The van der Waals surface area contributed by atoms with Gasteiger partial charge >= 0.3 is 23.9 Å². The number of ether oxygens (including phenoxy) is 10. The molecule has 0 atom stereocenters. The van der Waals surface area contributed by atoms with Crippen LogP contribution in [0.3, 0.4) is 0 Å². The van der Waals surface area contributed by atoms with Gasteiger partial charge in [0.2, 0.25) is 0 Å². The Labute approximate surface area is 506 Å². The molecule has 16 nitrogen and oxygen atoms in total. The molecular formula is C70H80N2O14. The lowest BCUT2D eigenvalue weighted by Gasteiger charge is -2.28. The van der Waals surface area contributed by atoms with E-state index < -0.39 is 23.9 Å². The molecule has 0 N–H and O–H groups in total. The maximum atomic E-state index is 11.8. The number of methoxy groups -OCH3 is 2. The number of carbonyl (C=O) groups is 4. The first-order valence-electron chi connectivity index (χ1n) is 28.5. The van der Waals surface area contributed by atoms with E-state index in [2.05, 4.69) is 157 Å². The summed E-state index contributed by atoms with van der Waals surface area (Å²) in [6.07, 6.45) is 2.63. The number of rotatable bonds is 37. The van der Waals surface area contributed by atoms with Crippen LogP contribution >= 0.6 is 0 Å². The van der Waals surface area contributed by atoms with Crippen LogP contribution in [0.25, 0.3) is 11.1 Å². The number of hydrogen-bond acceptors (Lipinski definition) is 16. The normalized spacial score (nSPS) is 10.8. The van der Waals surface area contributed by atoms with Gasteiger partial charge in [-0.25, -0.2) is 19.2 Å². The Hall–Kier alpha value is -8.80. The molecule has 0 aromatic heterocycles. The highest BCUT2D eigenvalue weighted by molar-refractivity contribution is 5.89. The molecular weight excluding hydrogens is 1090 g/mol. The van der Waals surface area contributed by atoms with Crippen LogP contribution < -0.4 is 19.3 Å². The number of nitrogens with zero attached hydrogens (tertiary/aromatic N) is 2. The van der Waals surface area contributed by atoms with E-state index in [9.17, 15) is 19.2 Å². The second-order valence-electron chi connectivity index (χ2n) is 20.2. The van der Waals surface area contributed by atoms with Gasteiger partial charge in [0.1, 0.15) is 37.9 Å². The summed E-state index contributed by atoms with van der Waals surface area (Å²) in [6.45, 7) is 24.4. The third kappa shape index (κ3) is 20.8. The van der Waals surface area contributed by atoms with Crippen molar-refractivity contribution in [3.05, 3.63) is 204 Å². The van der Waals surface area contributed by atoms with E-state index in [4.69, 9.17) is 47.4 Å². The Morgan fingerprint density at radius 1 is 0.326 bits per heavy atom. The lowest BCUT2D eigenvalue weighted by atomic mass is 10.0. The molecule has 6 aromatic carbocycles. The first-order valence-corrected chi connectivity index (χ1v) is 28.5. The summed E-state index contributed by atoms with van der Waals surface area (Å²) in [6, 6.07) is 45.5. The lowest BCUT2D eigenvalue weighted by Crippen LogP contribution is -2.13. The fourth-order valence-electron chi connectivity index (χ4n) is 8.62. The molecule has 0 spiro atoms. The fraction of sp³-hybridized carbons (Fsp3) is 0.314. The predicted molar refractivity (Wildman–Crippen MR) is 336 cm³/mol. The van der Waals surface area contributed by atoms with Crippen molar-refractivity contribution < 1.29 is 66.5 Å². The zero-order chi connectivity index (χ0) is 61.8. The molecule has 86 heavy (non-hydrogen) atoms. The number of anilines is 6. The molecule has 0 aliphatic heterocycles. The molecule has 6 rings (SSSR count). The maximum Gasteiger partial charge on any atom is 0.333 e. The molecule has 16 heteroatoms. The van der Waals surface area contributed by atoms with E-state index >= 15 is 0 Å². The Morgan fingerprint density at radius 3 is 0.767 bits per heavy atom. The van der Waals surface area contributed by atoms with Gasteiger partial charge in [-0.05, 0) is 160 Å². The molecule has 0 aliphatic rings. The van der Waals surface area contributed by atoms with Crippen molar-refractivity contribution in [2.45, 2.75) is 53.4 Å². The van der Waals surface area contributed by atoms with Gasteiger partial charge in [0.25, 0.3) is 0 Å².